The summed E-state index contributed by atoms with van der Waals surface area (Å²) in [7, 11) is 1.70. The predicted molar refractivity (Wildman–Crippen MR) is 79.2 cm³/mol. The third-order valence-electron chi connectivity index (χ3n) is 3.05. The first-order valence-corrected chi connectivity index (χ1v) is 6.88. The molecule has 4 nitrogen and oxygen atoms in total. The summed E-state index contributed by atoms with van der Waals surface area (Å²) in [5.41, 5.74) is -0.130. The fourth-order valence-corrected chi connectivity index (χ4v) is 2.97. The third kappa shape index (κ3) is 2.16. The van der Waals surface area contributed by atoms with E-state index in [2.05, 4.69) is 4.98 Å². The molecule has 100 valence electrons. The minimum Gasteiger partial charge on any atom is -0.507 e. The Morgan fingerprint density at radius 1 is 1.15 bits per heavy atom. The molecule has 3 rings (SSSR count). The van der Waals surface area contributed by atoms with Crippen LogP contribution in [0.25, 0.3) is 10.8 Å². The topological polar surface area (TPSA) is 55.1 Å². The van der Waals surface area contributed by atoms with E-state index in [0.717, 1.165) is 15.7 Å². The lowest BCUT2D eigenvalue weighted by atomic mass is 10.1. The van der Waals surface area contributed by atoms with E-state index >= 15 is 0 Å². The SMILES string of the molecule is Cn1ccnc(Sc2ccc(O)c3ccccc23)c1=O. The Morgan fingerprint density at radius 2 is 1.90 bits per heavy atom. The summed E-state index contributed by atoms with van der Waals surface area (Å²) < 4.78 is 1.50. The molecule has 0 bridgehead atoms. The maximum absolute atomic E-state index is 12.0. The quantitative estimate of drug-likeness (QED) is 0.786. The number of benzene rings is 2. The number of rotatable bonds is 2. The molecule has 2 aromatic carbocycles. The Bertz CT molecular complexity index is 843. The Kier molecular flexibility index (Phi) is 3.20. The van der Waals surface area contributed by atoms with Crippen LogP contribution in [0, 0.1) is 0 Å². The standard InChI is InChI=1S/C15H12N2O2S/c1-17-9-8-16-14(15(17)19)20-13-7-6-12(18)10-4-2-3-5-11(10)13/h2-9,18H,1H3. The molecule has 1 heterocycles. The molecule has 0 fully saturated rings. The molecule has 1 aromatic heterocycles. The van der Waals surface area contributed by atoms with Crippen molar-refractivity contribution in [2.75, 3.05) is 0 Å². The van der Waals surface area contributed by atoms with E-state index in [1.165, 1.54) is 16.3 Å². The van der Waals surface area contributed by atoms with Crippen molar-refractivity contribution in [3.05, 3.63) is 59.1 Å². The minimum absolute atomic E-state index is 0.130. The summed E-state index contributed by atoms with van der Waals surface area (Å²) in [6, 6.07) is 11.0. The van der Waals surface area contributed by atoms with Crippen LogP contribution in [-0.2, 0) is 7.05 Å². The Morgan fingerprint density at radius 3 is 2.70 bits per heavy atom. The highest BCUT2D eigenvalue weighted by Crippen LogP contribution is 2.35. The van der Waals surface area contributed by atoms with Crippen molar-refractivity contribution < 1.29 is 5.11 Å². The highest BCUT2D eigenvalue weighted by Gasteiger charge is 2.10. The fourth-order valence-electron chi connectivity index (χ4n) is 1.99. The van der Waals surface area contributed by atoms with Gasteiger partial charge in [-0.05, 0) is 17.5 Å². The van der Waals surface area contributed by atoms with Crippen molar-refractivity contribution in [1.82, 2.24) is 9.55 Å². The van der Waals surface area contributed by atoms with Crippen LogP contribution in [0.5, 0.6) is 5.75 Å². The maximum Gasteiger partial charge on any atom is 0.283 e. The number of hydrogen-bond acceptors (Lipinski definition) is 4. The summed E-state index contributed by atoms with van der Waals surface area (Å²) in [6.45, 7) is 0. The maximum atomic E-state index is 12.0. The monoisotopic (exact) mass is 284 g/mol. The molecule has 0 saturated carbocycles. The molecule has 0 radical (unpaired) electrons. The van der Waals surface area contributed by atoms with Gasteiger partial charge in [-0.25, -0.2) is 4.98 Å². The smallest absolute Gasteiger partial charge is 0.283 e. The van der Waals surface area contributed by atoms with Gasteiger partial charge < -0.3 is 9.67 Å². The van der Waals surface area contributed by atoms with Crippen LogP contribution < -0.4 is 5.56 Å². The van der Waals surface area contributed by atoms with E-state index in [9.17, 15) is 9.90 Å². The number of phenols is 1. The van der Waals surface area contributed by atoms with Crippen LogP contribution in [0.4, 0.5) is 0 Å². The highest BCUT2D eigenvalue weighted by molar-refractivity contribution is 7.99. The zero-order valence-corrected chi connectivity index (χ0v) is 11.6. The normalized spacial score (nSPS) is 10.8. The molecule has 0 spiro atoms. The summed E-state index contributed by atoms with van der Waals surface area (Å²) in [6.07, 6.45) is 3.23. The number of phenolic OH excluding ortho intramolecular Hbond substituents is 1. The first kappa shape index (κ1) is 12.7. The van der Waals surface area contributed by atoms with E-state index in [4.69, 9.17) is 0 Å². The number of aromatic nitrogens is 2. The zero-order chi connectivity index (χ0) is 14.1. The number of aryl methyl sites for hydroxylation is 1. The first-order valence-electron chi connectivity index (χ1n) is 6.07. The van der Waals surface area contributed by atoms with Gasteiger partial charge in [0.05, 0.1) is 0 Å². The molecular formula is C15H12N2O2S. The third-order valence-corrected chi connectivity index (χ3v) is 4.10. The van der Waals surface area contributed by atoms with Gasteiger partial charge in [-0.3, -0.25) is 4.79 Å². The molecule has 0 aliphatic heterocycles. The summed E-state index contributed by atoms with van der Waals surface area (Å²) in [5, 5.41) is 12.0. The number of fused-ring (bicyclic) bond motifs is 1. The van der Waals surface area contributed by atoms with E-state index in [1.807, 2.05) is 24.3 Å². The lowest BCUT2D eigenvalue weighted by Crippen LogP contribution is -2.18. The molecule has 0 aliphatic carbocycles. The number of nitrogens with zero attached hydrogens (tertiary/aromatic N) is 2. The molecular weight excluding hydrogens is 272 g/mol. The molecule has 0 amide bonds. The lowest BCUT2D eigenvalue weighted by Gasteiger charge is -2.07. The van der Waals surface area contributed by atoms with E-state index in [-0.39, 0.29) is 11.3 Å². The molecule has 0 atom stereocenters. The predicted octanol–water partition coefficient (Wildman–Crippen LogP) is 2.79. The van der Waals surface area contributed by atoms with E-state index in [0.29, 0.717) is 5.03 Å². The van der Waals surface area contributed by atoms with Gasteiger partial charge in [-0.2, -0.15) is 0 Å². The van der Waals surface area contributed by atoms with Crippen molar-refractivity contribution in [2.24, 2.45) is 7.05 Å². The molecule has 0 aliphatic rings. The van der Waals surface area contributed by atoms with Gasteiger partial charge in [0.15, 0.2) is 5.03 Å². The Hall–Kier alpha value is -2.27. The Labute approximate surface area is 119 Å². The zero-order valence-electron chi connectivity index (χ0n) is 10.8. The van der Waals surface area contributed by atoms with Crippen molar-refractivity contribution in [1.29, 1.82) is 0 Å². The van der Waals surface area contributed by atoms with Crippen molar-refractivity contribution in [3.8, 4) is 5.75 Å². The highest BCUT2D eigenvalue weighted by atomic mass is 32.2. The molecule has 20 heavy (non-hydrogen) atoms. The molecule has 0 saturated heterocycles. The van der Waals surface area contributed by atoms with Crippen LogP contribution >= 0.6 is 11.8 Å². The van der Waals surface area contributed by atoms with Crippen LogP contribution in [-0.4, -0.2) is 14.7 Å². The van der Waals surface area contributed by atoms with Gasteiger partial charge in [-0.15, -0.1) is 0 Å². The first-order chi connectivity index (χ1) is 9.66. The largest absolute Gasteiger partial charge is 0.507 e. The van der Waals surface area contributed by atoms with Gasteiger partial charge >= 0.3 is 0 Å². The van der Waals surface area contributed by atoms with Gasteiger partial charge in [0, 0.05) is 29.7 Å². The van der Waals surface area contributed by atoms with Gasteiger partial charge in [0.2, 0.25) is 0 Å². The molecule has 3 aromatic rings. The fraction of sp³-hybridized carbons (Fsp3) is 0.0667. The van der Waals surface area contributed by atoms with Gasteiger partial charge in [-0.1, -0.05) is 36.0 Å². The minimum atomic E-state index is -0.130. The van der Waals surface area contributed by atoms with Crippen LogP contribution in [0.1, 0.15) is 0 Å². The summed E-state index contributed by atoms with van der Waals surface area (Å²) >= 11 is 1.31. The van der Waals surface area contributed by atoms with Crippen LogP contribution in [0.15, 0.2) is 63.5 Å². The Balaban J connectivity index is 2.14. The van der Waals surface area contributed by atoms with E-state index in [1.54, 1.807) is 31.6 Å². The second-order valence-corrected chi connectivity index (χ2v) is 5.41. The van der Waals surface area contributed by atoms with Crippen molar-refractivity contribution in [2.45, 2.75) is 9.92 Å². The molecule has 0 unspecified atom stereocenters. The second kappa shape index (κ2) is 5.02. The van der Waals surface area contributed by atoms with Crippen molar-refractivity contribution >= 4 is 22.5 Å². The average Bonchev–Trinajstić information content (AvgIpc) is 2.47. The van der Waals surface area contributed by atoms with E-state index < -0.39 is 0 Å². The number of aromatic hydroxyl groups is 1. The second-order valence-electron chi connectivity index (χ2n) is 4.38. The lowest BCUT2D eigenvalue weighted by molar-refractivity contribution is 0.481. The van der Waals surface area contributed by atoms with Crippen LogP contribution in [0.2, 0.25) is 0 Å². The van der Waals surface area contributed by atoms with Crippen LogP contribution in [0.3, 0.4) is 0 Å². The van der Waals surface area contributed by atoms with Gasteiger partial charge in [0.1, 0.15) is 5.75 Å². The number of hydrogen-bond donors (Lipinski definition) is 1. The van der Waals surface area contributed by atoms with Gasteiger partial charge in [0.25, 0.3) is 5.56 Å². The van der Waals surface area contributed by atoms with Crippen molar-refractivity contribution in [3.63, 3.8) is 0 Å². The average molecular weight is 284 g/mol. The molecule has 5 heteroatoms. The summed E-state index contributed by atoms with van der Waals surface area (Å²) in [5.74, 6) is 0.235. The molecule has 1 N–H and O–H groups in total. The summed E-state index contributed by atoms with van der Waals surface area (Å²) in [4.78, 5) is 17.0.